The van der Waals surface area contributed by atoms with E-state index in [0.29, 0.717) is 6.54 Å². The van der Waals surface area contributed by atoms with Crippen molar-refractivity contribution in [1.82, 2.24) is 15.2 Å². The number of likely N-dealkylation sites (N-methyl/N-ethyl adjacent to an activating group) is 1. The average molecular weight is 287 g/mol. The van der Waals surface area contributed by atoms with Gasteiger partial charge < -0.3 is 10.2 Å². The van der Waals surface area contributed by atoms with Crippen LogP contribution in [0.4, 0.5) is 4.39 Å². The fourth-order valence-corrected chi connectivity index (χ4v) is 2.11. The van der Waals surface area contributed by atoms with Gasteiger partial charge in [-0.1, -0.05) is 30.3 Å². The van der Waals surface area contributed by atoms with E-state index in [9.17, 15) is 9.18 Å². The first-order valence-corrected chi connectivity index (χ1v) is 6.69. The van der Waals surface area contributed by atoms with E-state index in [1.807, 2.05) is 49.3 Å². The van der Waals surface area contributed by atoms with Crippen molar-refractivity contribution < 1.29 is 9.18 Å². The van der Waals surface area contributed by atoms with Gasteiger partial charge in [0, 0.05) is 24.4 Å². The highest BCUT2D eigenvalue weighted by atomic mass is 19.1. The Morgan fingerprint density at radius 1 is 1.29 bits per heavy atom. The van der Waals surface area contributed by atoms with E-state index in [4.69, 9.17) is 0 Å². The van der Waals surface area contributed by atoms with Gasteiger partial charge in [0.05, 0.1) is 6.04 Å². The summed E-state index contributed by atoms with van der Waals surface area (Å²) in [5.74, 6) is -0.964. The van der Waals surface area contributed by atoms with Crippen LogP contribution < -0.4 is 5.32 Å². The number of amides is 1. The lowest BCUT2D eigenvalue weighted by molar-refractivity contribution is 0.0941. The number of benzene rings is 1. The van der Waals surface area contributed by atoms with Gasteiger partial charge in [-0.2, -0.15) is 4.39 Å². The highest BCUT2D eigenvalue weighted by molar-refractivity contribution is 5.94. The summed E-state index contributed by atoms with van der Waals surface area (Å²) in [6, 6.07) is 12.6. The van der Waals surface area contributed by atoms with Gasteiger partial charge >= 0.3 is 0 Å². The van der Waals surface area contributed by atoms with Gasteiger partial charge in [-0.3, -0.25) is 4.79 Å². The number of hydrogen-bond donors (Lipinski definition) is 1. The minimum atomic E-state index is -0.658. The van der Waals surface area contributed by atoms with E-state index >= 15 is 0 Å². The van der Waals surface area contributed by atoms with Crippen LogP contribution in [0.25, 0.3) is 0 Å². The van der Waals surface area contributed by atoms with Gasteiger partial charge in [0.2, 0.25) is 5.95 Å². The maximum Gasteiger partial charge on any atom is 0.251 e. The minimum absolute atomic E-state index is 0.0573. The van der Waals surface area contributed by atoms with Crippen molar-refractivity contribution in [2.45, 2.75) is 6.04 Å². The molecule has 0 saturated carbocycles. The molecule has 4 nitrogen and oxygen atoms in total. The second kappa shape index (κ2) is 6.95. The van der Waals surface area contributed by atoms with Crippen molar-refractivity contribution in [1.29, 1.82) is 0 Å². The zero-order valence-corrected chi connectivity index (χ0v) is 12.1. The molecule has 1 N–H and O–H groups in total. The molecule has 1 heterocycles. The van der Waals surface area contributed by atoms with Crippen LogP contribution in [0.5, 0.6) is 0 Å². The molecule has 2 aromatic rings. The van der Waals surface area contributed by atoms with E-state index in [-0.39, 0.29) is 17.5 Å². The number of aromatic nitrogens is 1. The van der Waals surface area contributed by atoms with Crippen LogP contribution in [0, 0.1) is 5.95 Å². The number of hydrogen-bond acceptors (Lipinski definition) is 3. The lowest BCUT2D eigenvalue weighted by Gasteiger charge is -2.25. The van der Waals surface area contributed by atoms with Gasteiger partial charge in [0.1, 0.15) is 0 Å². The maximum atomic E-state index is 13.0. The molecule has 1 aromatic heterocycles. The topological polar surface area (TPSA) is 45.2 Å². The van der Waals surface area contributed by atoms with Crippen molar-refractivity contribution >= 4 is 5.91 Å². The molecule has 1 aromatic carbocycles. The van der Waals surface area contributed by atoms with Crippen molar-refractivity contribution in [2.75, 3.05) is 20.6 Å². The third kappa shape index (κ3) is 4.10. The van der Waals surface area contributed by atoms with E-state index in [2.05, 4.69) is 10.3 Å². The van der Waals surface area contributed by atoms with E-state index < -0.39 is 5.95 Å². The second-order valence-electron chi connectivity index (χ2n) is 4.97. The Bertz CT molecular complexity index is 601. The SMILES string of the molecule is CN(C)C(CNC(=O)c1ccnc(F)c1)c1ccccc1. The highest BCUT2D eigenvalue weighted by Crippen LogP contribution is 2.16. The molecule has 0 spiro atoms. The molecule has 5 heteroatoms. The van der Waals surface area contributed by atoms with Gasteiger partial charge in [0.25, 0.3) is 5.91 Å². The number of carbonyl (C=O) groups excluding carboxylic acids is 1. The van der Waals surface area contributed by atoms with Crippen molar-refractivity contribution in [2.24, 2.45) is 0 Å². The number of rotatable bonds is 5. The zero-order valence-electron chi connectivity index (χ0n) is 12.1. The number of nitrogens with zero attached hydrogens (tertiary/aromatic N) is 2. The Balaban J connectivity index is 2.04. The largest absolute Gasteiger partial charge is 0.350 e. The molecular formula is C16H18FN3O. The first-order valence-electron chi connectivity index (χ1n) is 6.69. The Kier molecular flexibility index (Phi) is 5.00. The summed E-state index contributed by atoms with van der Waals surface area (Å²) in [6.45, 7) is 0.444. The molecule has 0 radical (unpaired) electrons. The molecule has 0 saturated heterocycles. The summed E-state index contributed by atoms with van der Waals surface area (Å²) >= 11 is 0. The molecule has 1 atom stereocenters. The summed E-state index contributed by atoms with van der Waals surface area (Å²) in [5, 5.41) is 2.83. The quantitative estimate of drug-likeness (QED) is 0.858. The van der Waals surface area contributed by atoms with Crippen LogP contribution in [0.15, 0.2) is 48.7 Å². The van der Waals surface area contributed by atoms with Crippen LogP contribution in [0.3, 0.4) is 0 Å². The van der Waals surface area contributed by atoms with Crippen molar-refractivity contribution in [3.05, 3.63) is 65.7 Å². The smallest absolute Gasteiger partial charge is 0.251 e. The molecular weight excluding hydrogens is 269 g/mol. The Morgan fingerprint density at radius 2 is 2.00 bits per heavy atom. The summed E-state index contributed by atoms with van der Waals surface area (Å²) in [4.78, 5) is 17.5. The average Bonchev–Trinajstić information content (AvgIpc) is 2.48. The van der Waals surface area contributed by atoms with Gasteiger partial charge in [-0.25, -0.2) is 4.98 Å². The van der Waals surface area contributed by atoms with Gasteiger partial charge in [-0.05, 0) is 25.7 Å². The molecule has 0 fully saturated rings. The third-order valence-electron chi connectivity index (χ3n) is 3.25. The summed E-state index contributed by atoms with van der Waals surface area (Å²) in [7, 11) is 3.91. The Hall–Kier alpha value is -2.27. The van der Waals surface area contributed by atoms with Gasteiger partial charge in [-0.15, -0.1) is 0 Å². The first kappa shape index (κ1) is 15.1. The molecule has 21 heavy (non-hydrogen) atoms. The van der Waals surface area contributed by atoms with E-state index in [0.717, 1.165) is 11.6 Å². The van der Waals surface area contributed by atoms with Crippen LogP contribution in [0.2, 0.25) is 0 Å². The number of halogens is 1. The molecule has 110 valence electrons. The van der Waals surface area contributed by atoms with Gasteiger partial charge in [0.15, 0.2) is 0 Å². The number of nitrogens with one attached hydrogen (secondary N) is 1. The van der Waals surface area contributed by atoms with Crippen LogP contribution in [0.1, 0.15) is 22.0 Å². The zero-order chi connectivity index (χ0) is 15.2. The predicted molar refractivity (Wildman–Crippen MR) is 79.4 cm³/mol. The maximum absolute atomic E-state index is 13.0. The Labute approximate surface area is 123 Å². The van der Waals surface area contributed by atoms with E-state index in [1.165, 1.54) is 12.3 Å². The molecule has 0 aliphatic carbocycles. The first-order chi connectivity index (χ1) is 10.1. The summed E-state index contributed by atoms with van der Waals surface area (Å²) < 4.78 is 13.0. The van der Waals surface area contributed by atoms with Crippen LogP contribution in [-0.4, -0.2) is 36.4 Å². The standard InChI is InChI=1S/C16H18FN3O/c1-20(2)14(12-6-4-3-5-7-12)11-19-16(21)13-8-9-18-15(17)10-13/h3-10,14H,11H2,1-2H3,(H,19,21). The monoisotopic (exact) mass is 287 g/mol. The molecule has 0 bridgehead atoms. The fourth-order valence-electron chi connectivity index (χ4n) is 2.11. The summed E-state index contributed by atoms with van der Waals surface area (Å²) in [5.41, 5.74) is 1.39. The molecule has 0 aliphatic rings. The highest BCUT2D eigenvalue weighted by Gasteiger charge is 2.15. The lowest BCUT2D eigenvalue weighted by Crippen LogP contribution is -2.34. The molecule has 1 amide bonds. The predicted octanol–water partition coefficient (Wildman–Crippen LogP) is 2.25. The van der Waals surface area contributed by atoms with Crippen molar-refractivity contribution in [3.8, 4) is 0 Å². The summed E-state index contributed by atoms with van der Waals surface area (Å²) in [6.07, 6.45) is 1.28. The molecule has 0 aliphatic heterocycles. The second-order valence-corrected chi connectivity index (χ2v) is 4.97. The normalized spacial score (nSPS) is 12.2. The van der Waals surface area contributed by atoms with Crippen LogP contribution >= 0.6 is 0 Å². The van der Waals surface area contributed by atoms with Crippen molar-refractivity contribution in [3.63, 3.8) is 0 Å². The molecule has 1 unspecified atom stereocenters. The minimum Gasteiger partial charge on any atom is -0.350 e. The lowest BCUT2D eigenvalue weighted by atomic mass is 10.1. The number of pyridine rings is 1. The number of carbonyl (C=O) groups is 1. The third-order valence-corrected chi connectivity index (χ3v) is 3.25. The van der Waals surface area contributed by atoms with Crippen LogP contribution in [-0.2, 0) is 0 Å². The fraction of sp³-hybridized carbons (Fsp3) is 0.250. The van der Waals surface area contributed by atoms with E-state index in [1.54, 1.807) is 0 Å². The molecule has 2 rings (SSSR count). The Morgan fingerprint density at radius 3 is 2.62 bits per heavy atom.